The maximum atomic E-state index is 11.1. The summed E-state index contributed by atoms with van der Waals surface area (Å²) in [6, 6.07) is 7.14. The number of amides is 1. The lowest BCUT2D eigenvalue weighted by molar-refractivity contribution is 0.100. The zero-order chi connectivity index (χ0) is 20.9. The van der Waals surface area contributed by atoms with Crippen molar-refractivity contribution >= 4 is 22.4 Å². The monoisotopic (exact) mass is 401 g/mol. The molecule has 2 rings (SSSR count). The summed E-state index contributed by atoms with van der Waals surface area (Å²) in [6.45, 7) is 8.67. The van der Waals surface area contributed by atoms with Crippen molar-refractivity contribution in [1.82, 2.24) is 10.2 Å². The molecule has 1 aromatic heterocycles. The summed E-state index contributed by atoms with van der Waals surface area (Å²) in [5.74, 6) is -0.0412. The van der Waals surface area contributed by atoms with Gasteiger partial charge in [-0.25, -0.2) is 0 Å². The molecule has 0 aliphatic carbocycles. The van der Waals surface area contributed by atoms with Crippen molar-refractivity contribution in [1.29, 1.82) is 0 Å². The Morgan fingerprint density at radius 1 is 1.21 bits per heavy atom. The Balaban J connectivity index is 0.00000190. The Kier molecular flexibility index (Phi) is 10.8. The zero-order valence-corrected chi connectivity index (χ0v) is 17.9. The summed E-state index contributed by atoms with van der Waals surface area (Å²) >= 11 is 1.46. The third-order valence-electron chi connectivity index (χ3n) is 3.85. The molecule has 2 aromatic rings. The van der Waals surface area contributed by atoms with Crippen LogP contribution in [0.2, 0.25) is 0 Å². The number of anilines is 1. The molecule has 6 nitrogen and oxygen atoms in total. The highest BCUT2D eigenvalue weighted by molar-refractivity contribution is 7.18. The molecule has 0 fully saturated rings. The molecule has 0 aliphatic heterocycles. The van der Waals surface area contributed by atoms with Gasteiger partial charge in [0.05, 0.1) is 0 Å². The summed E-state index contributed by atoms with van der Waals surface area (Å²) < 4.78 is 0. The Bertz CT molecular complexity index is 767. The molecule has 1 aromatic carbocycles. The van der Waals surface area contributed by atoms with Crippen molar-refractivity contribution in [3.63, 3.8) is 0 Å². The molecular formula is C21H31N5OS. The van der Waals surface area contributed by atoms with Crippen LogP contribution >= 0.6 is 11.3 Å². The van der Waals surface area contributed by atoms with Gasteiger partial charge in [-0.15, -0.1) is 10.2 Å². The molecule has 0 saturated heterocycles. The van der Waals surface area contributed by atoms with Crippen LogP contribution in [-0.2, 0) is 0 Å². The topological polar surface area (TPSA) is 107 Å². The highest BCUT2D eigenvalue weighted by atomic mass is 32.1. The lowest BCUT2D eigenvalue weighted by atomic mass is 10.0. The van der Waals surface area contributed by atoms with Crippen LogP contribution in [-0.4, -0.2) is 28.7 Å². The molecule has 1 amide bonds. The molecule has 7 heteroatoms. The van der Waals surface area contributed by atoms with Crippen molar-refractivity contribution in [3.05, 3.63) is 54.1 Å². The first-order chi connectivity index (χ1) is 13.5. The summed E-state index contributed by atoms with van der Waals surface area (Å²) in [6.07, 6.45) is 9.14. The van der Waals surface area contributed by atoms with E-state index in [0.717, 1.165) is 22.1 Å². The average Bonchev–Trinajstić information content (AvgIpc) is 3.17. The van der Waals surface area contributed by atoms with E-state index >= 15 is 0 Å². The summed E-state index contributed by atoms with van der Waals surface area (Å²) in [4.78, 5) is 11.1. The maximum absolute atomic E-state index is 11.1. The zero-order valence-electron chi connectivity index (χ0n) is 17.1. The number of primary amides is 1. The van der Waals surface area contributed by atoms with Gasteiger partial charge in [-0.05, 0) is 31.4 Å². The second-order valence-corrected chi connectivity index (χ2v) is 7.03. The number of allylic oxidation sites excluding steroid dienone is 4. The third kappa shape index (κ3) is 7.62. The van der Waals surface area contributed by atoms with Crippen LogP contribution in [0.1, 0.15) is 44.5 Å². The van der Waals surface area contributed by atoms with E-state index in [0.29, 0.717) is 18.0 Å². The first-order valence-corrected chi connectivity index (χ1v) is 10.3. The largest absolute Gasteiger partial charge is 0.366 e. The molecule has 0 aliphatic rings. The normalized spacial score (nSPS) is 13.2. The quantitative estimate of drug-likeness (QED) is 0.545. The number of hydrogen-bond acceptors (Lipinski definition) is 6. The van der Waals surface area contributed by atoms with Gasteiger partial charge in [-0.2, -0.15) is 0 Å². The van der Waals surface area contributed by atoms with E-state index in [9.17, 15) is 4.79 Å². The number of nitrogens with one attached hydrogen (secondary N) is 1. The fraction of sp³-hybridized carbons (Fsp3) is 0.381. The molecule has 2 atom stereocenters. The lowest BCUT2D eigenvalue weighted by Crippen LogP contribution is -2.30. The van der Waals surface area contributed by atoms with Crippen molar-refractivity contribution in [2.24, 2.45) is 17.4 Å². The van der Waals surface area contributed by atoms with E-state index in [-0.39, 0.29) is 6.04 Å². The van der Waals surface area contributed by atoms with E-state index in [4.69, 9.17) is 11.5 Å². The first kappa shape index (κ1) is 23.5. The molecule has 5 N–H and O–H groups in total. The molecular weight excluding hydrogens is 370 g/mol. The minimum atomic E-state index is -0.445. The van der Waals surface area contributed by atoms with E-state index < -0.39 is 5.91 Å². The number of rotatable bonds is 9. The Hall–Kier alpha value is -2.51. The number of nitrogens with zero attached hydrogens (tertiary/aromatic N) is 2. The van der Waals surface area contributed by atoms with Gasteiger partial charge in [0.2, 0.25) is 11.0 Å². The molecule has 28 heavy (non-hydrogen) atoms. The summed E-state index contributed by atoms with van der Waals surface area (Å²) in [5.41, 5.74) is 12.5. The van der Waals surface area contributed by atoms with Crippen LogP contribution in [0, 0.1) is 5.92 Å². The number of nitrogens with two attached hydrogens (primary N) is 2. The number of hydrogen-bond donors (Lipinski definition) is 3. The highest BCUT2D eigenvalue weighted by Gasteiger charge is 2.14. The van der Waals surface area contributed by atoms with Crippen LogP contribution < -0.4 is 16.8 Å². The van der Waals surface area contributed by atoms with Crippen molar-refractivity contribution in [2.45, 2.75) is 40.2 Å². The van der Waals surface area contributed by atoms with Crippen molar-refractivity contribution in [2.75, 3.05) is 11.9 Å². The Morgan fingerprint density at radius 3 is 2.46 bits per heavy atom. The predicted octanol–water partition coefficient (Wildman–Crippen LogP) is 4.23. The SMILES string of the molecule is C/C=C\C=C/C(C)CC(CN)Nc1nnc(-c2ccc(C(N)=O)cc2)s1.CC. The van der Waals surface area contributed by atoms with E-state index in [1.807, 2.05) is 45.1 Å². The van der Waals surface area contributed by atoms with Crippen LogP contribution in [0.25, 0.3) is 10.6 Å². The molecule has 0 radical (unpaired) electrons. The second-order valence-electron chi connectivity index (χ2n) is 6.05. The Morgan fingerprint density at radius 2 is 1.89 bits per heavy atom. The van der Waals surface area contributed by atoms with Gasteiger partial charge in [0.25, 0.3) is 0 Å². The second kappa shape index (κ2) is 12.8. The molecule has 152 valence electrons. The van der Waals surface area contributed by atoms with E-state index in [1.54, 1.807) is 12.1 Å². The Labute approximate surface area is 171 Å². The molecule has 2 unspecified atom stereocenters. The number of benzene rings is 1. The standard InChI is InChI=1S/C19H25N5OS.C2H6/c1-3-4-5-6-13(2)11-16(12-20)22-19-24-23-18(26-19)15-9-7-14(8-10-15)17(21)25;1-2/h3-10,13,16H,11-12,20H2,1-2H3,(H2,21,25)(H,22,24);1-2H3/b4-3-,6-5-;. The fourth-order valence-electron chi connectivity index (χ4n) is 2.46. The smallest absolute Gasteiger partial charge is 0.248 e. The average molecular weight is 402 g/mol. The van der Waals surface area contributed by atoms with Crippen LogP contribution in [0.3, 0.4) is 0 Å². The number of carbonyl (C=O) groups excluding carboxylic acids is 1. The number of aromatic nitrogens is 2. The van der Waals surface area contributed by atoms with Gasteiger partial charge in [-0.3, -0.25) is 4.79 Å². The van der Waals surface area contributed by atoms with Gasteiger partial charge >= 0.3 is 0 Å². The number of carbonyl (C=O) groups is 1. The first-order valence-electron chi connectivity index (χ1n) is 9.53. The van der Waals surface area contributed by atoms with Crippen molar-refractivity contribution in [3.8, 4) is 10.6 Å². The molecule has 0 bridgehead atoms. The summed E-state index contributed by atoms with van der Waals surface area (Å²) in [7, 11) is 0. The van der Waals surface area contributed by atoms with Gasteiger partial charge in [-0.1, -0.05) is 68.5 Å². The lowest BCUT2D eigenvalue weighted by Gasteiger charge is -2.18. The molecule has 1 heterocycles. The van der Waals surface area contributed by atoms with Crippen LogP contribution in [0.5, 0.6) is 0 Å². The molecule has 0 spiro atoms. The minimum absolute atomic E-state index is 0.123. The molecule has 0 saturated carbocycles. The van der Waals surface area contributed by atoms with Gasteiger partial charge in [0, 0.05) is 23.7 Å². The minimum Gasteiger partial charge on any atom is -0.366 e. The summed E-state index contributed by atoms with van der Waals surface area (Å²) in [5, 5.41) is 13.3. The highest BCUT2D eigenvalue weighted by Crippen LogP contribution is 2.27. The van der Waals surface area contributed by atoms with Gasteiger partial charge in [0.1, 0.15) is 5.01 Å². The third-order valence-corrected chi connectivity index (χ3v) is 4.76. The van der Waals surface area contributed by atoms with Gasteiger partial charge < -0.3 is 16.8 Å². The van der Waals surface area contributed by atoms with Crippen LogP contribution in [0.4, 0.5) is 5.13 Å². The van der Waals surface area contributed by atoms with E-state index in [1.165, 1.54) is 11.3 Å². The fourth-order valence-corrected chi connectivity index (χ4v) is 3.28. The van der Waals surface area contributed by atoms with Crippen LogP contribution in [0.15, 0.2) is 48.6 Å². The van der Waals surface area contributed by atoms with E-state index in [2.05, 4.69) is 34.6 Å². The van der Waals surface area contributed by atoms with Crippen molar-refractivity contribution < 1.29 is 4.79 Å². The van der Waals surface area contributed by atoms with Gasteiger partial charge in [0.15, 0.2) is 0 Å². The maximum Gasteiger partial charge on any atom is 0.248 e. The predicted molar refractivity (Wildman–Crippen MR) is 119 cm³/mol.